The van der Waals surface area contributed by atoms with Gasteiger partial charge in [0, 0.05) is 5.54 Å². The Kier molecular flexibility index (Phi) is 10.0. The van der Waals surface area contributed by atoms with E-state index < -0.39 is 0 Å². The van der Waals surface area contributed by atoms with Gasteiger partial charge < -0.3 is 10.6 Å². The van der Waals surface area contributed by atoms with E-state index in [4.69, 9.17) is 0 Å². The lowest BCUT2D eigenvalue weighted by Crippen LogP contribution is -2.45. The van der Waals surface area contributed by atoms with Crippen molar-refractivity contribution in [2.24, 2.45) is 0 Å². The van der Waals surface area contributed by atoms with Gasteiger partial charge in [0.1, 0.15) is 0 Å². The molecule has 0 heterocycles. The Labute approximate surface area is 103 Å². The SMILES string of the molecule is CCCC(CCC)(CCCNCC)NCC. The van der Waals surface area contributed by atoms with Crippen molar-refractivity contribution in [3.8, 4) is 0 Å². The van der Waals surface area contributed by atoms with Crippen molar-refractivity contribution >= 4 is 0 Å². The summed E-state index contributed by atoms with van der Waals surface area (Å²) in [6.07, 6.45) is 7.82. The van der Waals surface area contributed by atoms with E-state index in [0.717, 1.165) is 19.6 Å². The first-order valence-electron chi connectivity index (χ1n) is 7.20. The van der Waals surface area contributed by atoms with Gasteiger partial charge >= 0.3 is 0 Å². The summed E-state index contributed by atoms with van der Waals surface area (Å²) in [4.78, 5) is 0. The van der Waals surface area contributed by atoms with Crippen LogP contribution in [-0.4, -0.2) is 25.2 Å². The van der Waals surface area contributed by atoms with Crippen molar-refractivity contribution in [1.82, 2.24) is 10.6 Å². The Morgan fingerprint density at radius 2 is 1.44 bits per heavy atom. The van der Waals surface area contributed by atoms with Gasteiger partial charge in [0.2, 0.25) is 0 Å². The molecule has 0 unspecified atom stereocenters. The molecule has 0 amide bonds. The highest BCUT2D eigenvalue weighted by atomic mass is 15.0. The fraction of sp³-hybridized carbons (Fsp3) is 1.00. The van der Waals surface area contributed by atoms with Crippen LogP contribution in [0.3, 0.4) is 0 Å². The summed E-state index contributed by atoms with van der Waals surface area (Å²) in [6, 6.07) is 0. The zero-order valence-electron chi connectivity index (χ0n) is 11.9. The van der Waals surface area contributed by atoms with Crippen LogP contribution in [0.15, 0.2) is 0 Å². The molecule has 0 radical (unpaired) electrons. The number of nitrogens with one attached hydrogen (secondary N) is 2. The highest BCUT2D eigenvalue weighted by Crippen LogP contribution is 2.25. The van der Waals surface area contributed by atoms with Crippen molar-refractivity contribution < 1.29 is 0 Å². The van der Waals surface area contributed by atoms with Crippen molar-refractivity contribution in [2.45, 2.75) is 71.8 Å². The lowest BCUT2D eigenvalue weighted by Gasteiger charge is -2.35. The molecule has 0 bridgehead atoms. The first-order chi connectivity index (χ1) is 7.74. The molecule has 0 aromatic rings. The molecule has 2 nitrogen and oxygen atoms in total. The summed E-state index contributed by atoms with van der Waals surface area (Å²) < 4.78 is 0. The molecule has 0 aromatic heterocycles. The number of hydrogen-bond donors (Lipinski definition) is 2. The third-order valence-corrected chi connectivity index (χ3v) is 3.27. The maximum absolute atomic E-state index is 3.75. The highest BCUT2D eigenvalue weighted by Gasteiger charge is 2.25. The summed E-state index contributed by atoms with van der Waals surface area (Å²) in [5, 5.41) is 7.17. The van der Waals surface area contributed by atoms with Crippen LogP contribution in [0.25, 0.3) is 0 Å². The van der Waals surface area contributed by atoms with Crippen molar-refractivity contribution in [3.63, 3.8) is 0 Å². The van der Waals surface area contributed by atoms with E-state index in [1.54, 1.807) is 0 Å². The zero-order chi connectivity index (χ0) is 12.3. The predicted molar refractivity (Wildman–Crippen MR) is 74.0 cm³/mol. The smallest absolute Gasteiger partial charge is 0.0181 e. The fourth-order valence-corrected chi connectivity index (χ4v) is 2.70. The van der Waals surface area contributed by atoms with Gasteiger partial charge in [-0.3, -0.25) is 0 Å². The molecule has 0 aliphatic heterocycles. The molecule has 0 aliphatic rings. The van der Waals surface area contributed by atoms with E-state index in [0.29, 0.717) is 5.54 Å². The molecule has 0 aliphatic carbocycles. The molecule has 0 saturated heterocycles. The quantitative estimate of drug-likeness (QED) is 0.530. The Hall–Kier alpha value is -0.0800. The average molecular weight is 228 g/mol. The minimum atomic E-state index is 0.410. The van der Waals surface area contributed by atoms with Gasteiger partial charge in [-0.25, -0.2) is 0 Å². The summed E-state index contributed by atoms with van der Waals surface area (Å²) in [6.45, 7) is 12.4. The van der Waals surface area contributed by atoms with Crippen LogP contribution >= 0.6 is 0 Å². The van der Waals surface area contributed by atoms with Crippen LogP contribution in [0, 0.1) is 0 Å². The lowest BCUT2D eigenvalue weighted by molar-refractivity contribution is 0.254. The van der Waals surface area contributed by atoms with E-state index in [2.05, 4.69) is 38.3 Å². The monoisotopic (exact) mass is 228 g/mol. The highest BCUT2D eigenvalue weighted by molar-refractivity contribution is 4.87. The van der Waals surface area contributed by atoms with Gasteiger partial charge in [0.15, 0.2) is 0 Å². The minimum absolute atomic E-state index is 0.410. The van der Waals surface area contributed by atoms with Crippen molar-refractivity contribution in [1.29, 1.82) is 0 Å². The van der Waals surface area contributed by atoms with Crippen molar-refractivity contribution in [3.05, 3.63) is 0 Å². The summed E-state index contributed by atoms with van der Waals surface area (Å²) in [7, 11) is 0. The standard InChI is InChI=1S/C14H32N2/c1-5-10-14(11-6-2,16-8-4)12-9-13-15-7-3/h15-16H,5-13H2,1-4H3. The second-order valence-electron chi connectivity index (χ2n) is 4.77. The first-order valence-corrected chi connectivity index (χ1v) is 7.20. The van der Waals surface area contributed by atoms with Crippen LogP contribution in [0.5, 0.6) is 0 Å². The molecule has 0 saturated carbocycles. The number of rotatable bonds is 11. The van der Waals surface area contributed by atoms with E-state index >= 15 is 0 Å². The van der Waals surface area contributed by atoms with Crippen LogP contribution in [0.1, 0.15) is 66.2 Å². The topological polar surface area (TPSA) is 24.1 Å². The van der Waals surface area contributed by atoms with Crippen LogP contribution in [-0.2, 0) is 0 Å². The van der Waals surface area contributed by atoms with E-state index in [1.165, 1.54) is 38.5 Å². The molecular formula is C14H32N2. The second kappa shape index (κ2) is 10.1. The van der Waals surface area contributed by atoms with Crippen LogP contribution in [0.2, 0.25) is 0 Å². The Bertz CT molecular complexity index is 129. The van der Waals surface area contributed by atoms with Gasteiger partial charge in [-0.1, -0.05) is 40.5 Å². The summed E-state index contributed by atoms with van der Waals surface area (Å²) in [5.41, 5.74) is 0.410. The fourth-order valence-electron chi connectivity index (χ4n) is 2.70. The molecule has 0 spiro atoms. The molecule has 0 atom stereocenters. The number of hydrogen-bond acceptors (Lipinski definition) is 2. The maximum Gasteiger partial charge on any atom is 0.0181 e. The van der Waals surface area contributed by atoms with E-state index in [-0.39, 0.29) is 0 Å². The van der Waals surface area contributed by atoms with E-state index in [1.807, 2.05) is 0 Å². The predicted octanol–water partition coefficient (Wildman–Crippen LogP) is 3.32. The average Bonchev–Trinajstić information content (AvgIpc) is 2.26. The molecule has 0 fully saturated rings. The van der Waals surface area contributed by atoms with Crippen LogP contribution in [0.4, 0.5) is 0 Å². The largest absolute Gasteiger partial charge is 0.317 e. The van der Waals surface area contributed by atoms with Gasteiger partial charge in [-0.15, -0.1) is 0 Å². The van der Waals surface area contributed by atoms with E-state index in [9.17, 15) is 0 Å². The molecule has 0 aromatic carbocycles. The minimum Gasteiger partial charge on any atom is -0.317 e. The Morgan fingerprint density at radius 1 is 0.812 bits per heavy atom. The molecule has 16 heavy (non-hydrogen) atoms. The molecule has 0 rings (SSSR count). The van der Waals surface area contributed by atoms with Gasteiger partial charge in [0.25, 0.3) is 0 Å². The Balaban J connectivity index is 4.12. The lowest BCUT2D eigenvalue weighted by atomic mass is 9.84. The maximum atomic E-state index is 3.75. The molecular weight excluding hydrogens is 196 g/mol. The van der Waals surface area contributed by atoms with Gasteiger partial charge in [0.05, 0.1) is 0 Å². The second-order valence-corrected chi connectivity index (χ2v) is 4.77. The molecule has 2 heteroatoms. The third-order valence-electron chi connectivity index (χ3n) is 3.27. The van der Waals surface area contributed by atoms with Gasteiger partial charge in [-0.2, -0.15) is 0 Å². The molecule has 98 valence electrons. The molecule has 2 N–H and O–H groups in total. The van der Waals surface area contributed by atoms with Crippen LogP contribution < -0.4 is 10.6 Å². The summed E-state index contributed by atoms with van der Waals surface area (Å²) in [5.74, 6) is 0. The van der Waals surface area contributed by atoms with Crippen molar-refractivity contribution in [2.75, 3.05) is 19.6 Å². The zero-order valence-corrected chi connectivity index (χ0v) is 11.9. The Morgan fingerprint density at radius 3 is 1.88 bits per heavy atom. The third kappa shape index (κ3) is 6.49. The van der Waals surface area contributed by atoms with Gasteiger partial charge in [-0.05, 0) is 45.3 Å². The first kappa shape index (κ1) is 15.9. The normalized spacial score (nSPS) is 12.0. The summed E-state index contributed by atoms with van der Waals surface area (Å²) >= 11 is 0.